The van der Waals surface area contributed by atoms with E-state index in [0.717, 1.165) is 0 Å². The molecule has 0 bridgehead atoms. The Bertz CT molecular complexity index is 333. The van der Waals surface area contributed by atoms with Crippen molar-refractivity contribution in [1.82, 2.24) is 0 Å². The lowest BCUT2D eigenvalue weighted by molar-refractivity contribution is 0.105. The lowest BCUT2D eigenvalue weighted by atomic mass is 9.92. The summed E-state index contributed by atoms with van der Waals surface area (Å²) in [7, 11) is 0. The van der Waals surface area contributed by atoms with Crippen molar-refractivity contribution in [2.45, 2.75) is 25.5 Å². The summed E-state index contributed by atoms with van der Waals surface area (Å²) < 4.78 is 0. The number of nitrogens with two attached hydrogens (primary N) is 1. The van der Waals surface area contributed by atoms with Crippen molar-refractivity contribution < 1.29 is 5.11 Å². The maximum Gasteiger partial charge on any atom is 0.0978 e. The molecule has 2 nitrogen and oxygen atoms in total. The lowest BCUT2D eigenvalue weighted by Gasteiger charge is -2.26. The molecule has 4 heteroatoms. The maximum absolute atomic E-state index is 9.88. The van der Waals surface area contributed by atoms with Gasteiger partial charge in [0.1, 0.15) is 0 Å². The van der Waals surface area contributed by atoms with Crippen LogP contribution in [0.4, 0.5) is 0 Å². The largest absolute Gasteiger partial charge is 0.386 e. The fourth-order valence-electron chi connectivity index (χ4n) is 1.12. The maximum atomic E-state index is 9.88. The van der Waals surface area contributed by atoms with Crippen LogP contribution in [0.1, 0.15) is 25.5 Å². The van der Waals surface area contributed by atoms with Crippen LogP contribution < -0.4 is 5.73 Å². The Balaban J connectivity index is 3.08. The summed E-state index contributed by atoms with van der Waals surface area (Å²) in [5, 5.41) is 10.9. The van der Waals surface area contributed by atoms with Gasteiger partial charge in [0.05, 0.1) is 6.10 Å². The Kier molecular flexibility index (Phi) is 3.43. The minimum absolute atomic E-state index is 0.434. The molecule has 0 radical (unpaired) electrons. The molecule has 1 aromatic carbocycles. The van der Waals surface area contributed by atoms with E-state index in [1.165, 1.54) is 0 Å². The average molecular weight is 234 g/mol. The van der Waals surface area contributed by atoms with E-state index in [0.29, 0.717) is 15.6 Å². The first-order valence-corrected chi connectivity index (χ1v) is 5.00. The molecule has 0 aliphatic carbocycles. The van der Waals surface area contributed by atoms with E-state index in [4.69, 9.17) is 28.9 Å². The van der Waals surface area contributed by atoms with Crippen LogP contribution in [0.2, 0.25) is 10.0 Å². The Morgan fingerprint density at radius 2 is 1.93 bits per heavy atom. The highest BCUT2D eigenvalue weighted by Crippen LogP contribution is 2.31. The highest BCUT2D eigenvalue weighted by atomic mass is 35.5. The van der Waals surface area contributed by atoms with Crippen molar-refractivity contribution in [3.8, 4) is 0 Å². The van der Waals surface area contributed by atoms with Crippen LogP contribution in [0.15, 0.2) is 18.2 Å². The van der Waals surface area contributed by atoms with Gasteiger partial charge in [-0.3, -0.25) is 0 Å². The fourth-order valence-corrected chi connectivity index (χ4v) is 1.64. The smallest absolute Gasteiger partial charge is 0.0978 e. The second kappa shape index (κ2) is 4.07. The fraction of sp³-hybridized carbons (Fsp3) is 0.400. The SMILES string of the molecule is CC(C)(N)C(O)c1ccc(Cl)cc1Cl. The highest BCUT2D eigenvalue weighted by Gasteiger charge is 2.26. The normalized spacial score (nSPS) is 14.1. The van der Waals surface area contributed by atoms with Gasteiger partial charge in [-0.15, -0.1) is 0 Å². The number of halogens is 2. The first-order valence-electron chi connectivity index (χ1n) is 4.24. The first kappa shape index (κ1) is 11.8. The molecule has 0 amide bonds. The van der Waals surface area contributed by atoms with Crippen LogP contribution in [0.3, 0.4) is 0 Å². The molecule has 0 saturated carbocycles. The van der Waals surface area contributed by atoms with Gasteiger partial charge in [0.25, 0.3) is 0 Å². The number of rotatable bonds is 2. The van der Waals surface area contributed by atoms with Gasteiger partial charge < -0.3 is 10.8 Å². The minimum Gasteiger partial charge on any atom is -0.386 e. The van der Waals surface area contributed by atoms with Crippen molar-refractivity contribution >= 4 is 23.2 Å². The van der Waals surface area contributed by atoms with Crippen LogP contribution in [0.25, 0.3) is 0 Å². The molecule has 0 spiro atoms. The first-order chi connectivity index (χ1) is 6.32. The third kappa shape index (κ3) is 2.61. The van der Waals surface area contributed by atoms with E-state index in [9.17, 15) is 5.11 Å². The van der Waals surface area contributed by atoms with E-state index >= 15 is 0 Å². The molecule has 1 atom stereocenters. The number of aliphatic hydroxyl groups excluding tert-OH is 1. The summed E-state index contributed by atoms with van der Waals surface area (Å²) >= 11 is 11.7. The molecule has 78 valence electrons. The van der Waals surface area contributed by atoms with Gasteiger partial charge in [0.15, 0.2) is 0 Å². The van der Waals surface area contributed by atoms with E-state index in [-0.39, 0.29) is 0 Å². The number of hydrogen-bond acceptors (Lipinski definition) is 2. The number of benzene rings is 1. The molecule has 1 rings (SSSR count). The van der Waals surface area contributed by atoms with E-state index in [1.54, 1.807) is 32.0 Å². The summed E-state index contributed by atoms with van der Waals surface area (Å²) in [5.74, 6) is 0. The molecule has 14 heavy (non-hydrogen) atoms. The third-order valence-electron chi connectivity index (χ3n) is 1.96. The molecular weight excluding hydrogens is 221 g/mol. The lowest BCUT2D eigenvalue weighted by Crippen LogP contribution is -2.39. The van der Waals surface area contributed by atoms with Crippen LogP contribution in [0, 0.1) is 0 Å². The quantitative estimate of drug-likeness (QED) is 0.826. The number of hydrogen-bond donors (Lipinski definition) is 2. The zero-order valence-electron chi connectivity index (χ0n) is 8.09. The molecule has 1 unspecified atom stereocenters. The zero-order chi connectivity index (χ0) is 10.9. The van der Waals surface area contributed by atoms with Crippen molar-refractivity contribution in [2.24, 2.45) is 5.73 Å². The topological polar surface area (TPSA) is 46.2 Å². The predicted octanol–water partition coefficient (Wildman–Crippen LogP) is 2.76. The summed E-state index contributed by atoms with van der Waals surface area (Å²) in [6.45, 7) is 3.48. The van der Waals surface area contributed by atoms with Crippen LogP contribution in [-0.4, -0.2) is 10.6 Å². The van der Waals surface area contributed by atoms with Gasteiger partial charge in [0.2, 0.25) is 0 Å². The Morgan fingerprint density at radius 1 is 1.36 bits per heavy atom. The molecular formula is C10H13Cl2NO. The van der Waals surface area contributed by atoms with Gasteiger partial charge in [-0.25, -0.2) is 0 Å². The molecule has 3 N–H and O–H groups in total. The van der Waals surface area contributed by atoms with Crippen molar-refractivity contribution in [3.05, 3.63) is 33.8 Å². The summed E-state index contributed by atoms with van der Waals surface area (Å²) in [6.07, 6.45) is -0.799. The molecule has 0 aromatic heterocycles. The molecule has 0 heterocycles. The van der Waals surface area contributed by atoms with Crippen molar-refractivity contribution in [1.29, 1.82) is 0 Å². The summed E-state index contributed by atoms with van der Waals surface area (Å²) in [4.78, 5) is 0. The molecule has 0 aliphatic rings. The van der Waals surface area contributed by atoms with E-state index in [1.807, 2.05) is 0 Å². The molecule has 0 fully saturated rings. The predicted molar refractivity (Wildman–Crippen MR) is 59.7 cm³/mol. The van der Waals surface area contributed by atoms with Crippen LogP contribution in [-0.2, 0) is 0 Å². The third-order valence-corrected chi connectivity index (χ3v) is 2.52. The molecule has 0 aliphatic heterocycles. The second-order valence-corrected chi connectivity index (χ2v) is 4.73. The van der Waals surface area contributed by atoms with Gasteiger partial charge in [-0.2, -0.15) is 0 Å². The highest BCUT2D eigenvalue weighted by molar-refractivity contribution is 6.35. The van der Waals surface area contributed by atoms with Crippen LogP contribution in [0.5, 0.6) is 0 Å². The average Bonchev–Trinajstić information content (AvgIpc) is 2.01. The van der Waals surface area contributed by atoms with Gasteiger partial charge >= 0.3 is 0 Å². The molecule has 1 aromatic rings. The molecule has 0 saturated heterocycles. The standard InChI is InChI=1S/C10H13Cl2NO/c1-10(2,13)9(14)7-4-3-6(11)5-8(7)12/h3-5,9,14H,13H2,1-2H3. The van der Waals surface area contributed by atoms with Gasteiger partial charge in [0, 0.05) is 21.1 Å². The van der Waals surface area contributed by atoms with E-state index < -0.39 is 11.6 Å². The van der Waals surface area contributed by atoms with Crippen LogP contribution >= 0.6 is 23.2 Å². The van der Waals surface area contributed by atoms with Crippen molar-refractivity contribution in [2.75, 3.05) is 0 Å². The van der Waals surface area contributed by atoms with Crippen molar-refractivity contribution in [3.63, 3.8) is 0 Å². The zero-order valence-corrected chi connectivity index (χ0v) is 9.60. The van der Waals surface area contributed by atoms with E-state index in [2.05, 4.69) is 0 Å². The van der Waals surface area contributed by atoms with Gasteiger partial charge in [-0.05, 0) is 26.0 Å². The number of aliphatic hydroxyl groups is 1. The Labute approximate surface area is 93.6 Å². The second-order valence-electron chi connectivity index (χ2n) is 3.89. The Morgan fingerprint density at radius 3 is 2.36 bits per heavy atom. The minimum atomic E-state index is -0.799. The monoisotopic (exact) mass is 233 g/mol. The Hall–Kier alpha value is -0.280. The van der Waals surface area contributed by atoms with Gasteiger partial charge in [-0.1, -0.05) is 29.3 Å². The summed E-state index contributed by atoms with van der Waals surface area (Å²) in [5.41, 5.74) is 5.65. The summed E-state index contributed by atoms with van der Waals surface area (Å²) in [6, 6.07) is 4.95.